The number of nitrogens with one attached hydrogen (secondary N) is 1. The molecule has 1 aromatic carbocycles. The average Bonchev–Trinajstić information content (AvgIpc) is 2.65. The fraction of sp³-hybridized carbons (Fsp3) is 0.105. The number of aryl methyl sites for hydroxylation is 1. The Kier molecular flexibility index (Phi) is 4.86. The van der Waals surface area contributed by atoms with Crippen molar-refractivity contribution in [2.75, 3.05) is 5.32 Å². The molecule has 26 heavy (non-hydrogen) atoms. The molecule has 0 aliphatic heterocycles. The van der Waals surface area contributed by atoms with Gasteiger partial charge in [-0.25, -0.2) is 14.4 Å². The highest BCUT2D eigenvalue weighted by Crippen LogP contribution is 2.34. The summed E-state index contributed by atoms with van der Waals surface area (Å²) in [7, 11) is 0. The molecule has 1 N–H and O–H groups in total. The van der Waals surface area contributed by atoms with E-state index in [2.05, 4.69) is 39.0 Å². The Morgan fingerprint density at radius 2 is 2.04 bits per heavy atom. The summed E-state index contributed by atoms with van der Waals surface area (Å²) in [4.78, 5) is 13.6. The molecule has 2 aromatic heterocycles. The molecule has 0 saturated heterocycles. The van der Waals surface area contributed by atoms with Gasteiger partial charge < -0.3 is 5.32 Å². The zero-order valence-corrected chi connectivity index (χ0v) is 16.4. The van der Waals surface area contributed by atoms with E-state index in [-0.39, 0.29) is 5.02 Å². The van der Waals surface area contributed by atoms with Gasteiger partial charge in [-0.15, -0.1) is 0 Å². The zero-order valence-electron chi connectivity index (χ0n) is 13.5. The number of hydrogen-bond donors (Lipinski definition) is 1. The Morgan fingerprint density at radius 1 is 1.15 bits per heavy atom. The molecule has 0 bridgehead atoms. The standard InChI is InChI=1S/C19H13ClFIN4/c20-15-9-13(4-5-16(15)21)24-19-14-8-12(22)3-6-17(14)25-18(26-19)11-2-1-7-23-10-11/h1-2,4-5,7-10H,3,6H2,(H,24,25,26). The Morgan fingerprint density at radius 3 is 2.81 bits per heavy atom. The molecule has 130 valence electrons. The van der Waals surface area contributed by atoms with Gasteiger partial charge in [0.2, 0.25) is 0 Å². The summed E-state index contributed by atoms with van der Waals surface area (Å²) in [6, 6.07) is 8.30. The van der Waals surface area contributed by atoms with E-state index in [9.17, 15) is 4.39 Å². The van der Waals surface area contributed by atoms with Crippen LogP contribution in [-0.4, -0.2) is 15.0 Å². The van der Waals surface area contributed by atoms with E-state index < -0.39 is 5.82 Å². The highest BCUT2D eigenvalue weighted by Gasteiger charge is 2.18. The van der Waals surface area contributed by atoms with Crippen molar-refractivity contribution in [3.63, 3.8) is 0 Å². The van der Waals surface area contributed by atoms with Crippen LogP contribution in [0.4, 0.5) is 15.9 Å². The first-order chi connectivity index (χ1) is 12.6. The van der Waals surface area contributed by atoms with E-state index in [1.165, 1.54) is 9.65 Å². The van der Waals surface area contributed by atoms with Gasteiger partial charge in [0, 0.05) is 29.2 Å². The van der Waals surface area contributed by atoms with Crippen LogP contribution in [0.5, 0.6) is 0 Å². The van der Waals surface area contributed by atoms with Crippen LogP contribution in [0.3, 0.4) is 0 Å². The number of pyridine rings is 1. The molecule has 7 heteroatoms. The number of benzene rings is 1. The Balaban J connectivity index is 1.82. The van der Waals surface area contributed by atoms with Crippen molar-refractivity contribution >= 4 is 51.8 Å². The fourth-order valence-electron chi connectivity index (χ4n) is 2.75. The van der Waals surface area contributed by atoms with E-state index in [0.29, 0.717) is 17.3 Å². The smallest absolute Gasteiger partial charge is 0.163 e. The largest absolute Gasteiger partial charge is 0.340 e. The van der Waals surface area contributed by atoms with E-state index >= 15 is 0 Å². The first-order valence-corrected chi connectivity index (χ1v) is 9.45. The second-order valence-electron chi connectivity index (χ2n) is 5.84. The lowest BCUT2D eigenvalue weighted by Gasteiger charge is -2.18. The first kappa shape index (κ1) is 17.4. The van der Waals surface area contributed by atoms with Gasteiger partial charge in [0.15, 0.2) is 5.82 Å². The number of anilines is 2. The maximum absolute atomic E-state index is 13.4. The maximum atomic E-state index is 13.4. The third-order valence-corrected chi connectivity index (χ3v) is 5.17. The number of allylic oxidation sites excluding steroid dienone is 1. The van der Waals surface area contributed by atoms with Crippen molar-refractivity contribution in [3.8, 4) is 11.4 Å². The predicted molar refractivity (Wildman–Crippen MR) is 110 cm³/mol. The zero-order chi connectivity index (χ0) is 18.1. The fourth-order valence-corrected chi connectivity index (χ4v) is 3.52. The summed E-state index contributed by atoms with van der Waals surface area (Å²) >= 11 is 8.23. The minimum atomic E-state index is -0.451. The molecule has 1 aliphatic rings. The van der Waals surface area contributed by atoms with Crippen molar-refractivity contribution in [2.24, 2.45) is 0 Å². The number of fused-ring (bicyclic) bond motifs is 1. The van der Waals surface area contributed by atoms with Gasteiger partial charge in [-0.1, -0.05) is 11.6 Å². The van der Waals surface area contributed by atoms with Gasteiger partial charge in [0.25, 0.3) is 0 Å². The monoisotopic (exact) mass is 478 g/mol. The molecule has 0 atom stereocenters. The van der Waals surface area contributed by atoms with Crippen LogP contribution in [0, 0.1) is 5.82 Å². The normalized spacial score (nSPS) is 13.1. The highest BCUT2D eigenvalue weighted by molar-refractivity contribution is 14.1. The van der Waals surface area contributed by atoms with Crippen LogP contribution >= 0.6 is 34.2 Å². The summed E-state index contributed by atoms with van der Waals surface area (Å²) in [5.74, 6) is 0.829. The number of rotatable bonds is 3. The Labute approximate surface area is 168 Å². The number of hydrogen-bond acceptors (Lipinski definition) is 4. The van der Waals surface area contributed by atoms with E-state index in [1.54, 1.807) is 24.5 Å². The van der Waals surface area contributed by atoms with Gasteiger partial charge in [0.1, 0.15) is 11.6 Å². The Bertz CT molecular complexity index is 1010. The van der Waals surface area contributed by atoms with Crippen molar-refractivity contribution in [1.29, 1.82) is 0 Å². The number of nitrogens with zero attached hydrogens (tertiary/aromatic N) is 3. The van der Waals surface area contributed by atoms with Crippen molar-refractivity contribution in [1.82, 2.24) is 15.0 Å². The molecule has 4 rings (SSSR count). The molecular weight excluding hydrogens is 466 g/mol. The van der Waals surface area contributed by atoms with Gasteiger partial charge >= 0.3 is 0 Å². The molecule has 0 spiro atoms. The van der Waals surface area contributed by atoms with Crippen LogP contribution in [0.25, 0.3) is 17.5 Å². The summed E-state index contributed by atoms with van der Waals surface area (Å²) in [6.45, 7) is 0. The van der Waals surface area contributed by atoms with E-state index in [4.69, 9.17) is 21.6 Å². The summed E-state index contributed by atoms with van der Waals surface area (Å²) in [5, 5.41) is 3.33. The molecule has 0 fully saturated rings. The molecule has 0 radical (unpaired) electrons. The van der Waals surface area contributed by atoms with Gasteiger partial charge in [0.05, 0.1) is 10.7 Å². The van der Waals surface area contributed by atoms with E-state index in [1.807, 2.05) is 12.1 Å². The van der Waals surface area contributed by atoms with Gasteiger partial charge in [-0.3, -0.25) is 4.98 Å². The minimum absolute atomic E-state index is 0.0653. The summed E-state index contributed by atoms with van der Waals surface area (Å²) in [6.07, 6.45) is 7.34. The average molecular weight is 479 g/mol. The maximum Gasteiger partial charge on any atom is 0.163 e. The lowest BCUT2D eigenvalue weighted by molar-refractivity contribution is 0.628. The topological polar surface area (TPSA) is 50.7 Å². The molecule has 0 unspecified atom stereocenters. The molecule has 3 aromatic rings. The van der Waals surface area contributed by atoms with Crippen LogP contribution in [-0.2, 0) is 6.42 Å². The number of halogens is 3. The third-order valence-electron chi connectivity index (χ3n) is 4.03. The first-order valence-electron chi connectivity index (χ1n) is 7.99. The van der Waals surface area contributed by atoms with Gasteiger partial charge in [-0.2, -0.15) is 0 Å². The molecule has 4 nitrogen and oxygen atoms in total. The summed E-state index contributed by atoms with van der Waals surface area (Å²) < 4.78 is 14.7. The summed E-state index contributed by atoms with van der Waals surface area (Å²) in [5.41, 5.74) is 3.45. The second-order valence-corrected chi connectivity index (χ2v) is 7.64. The molecular formula is C19H13ClFIN4. The lowest BCUT2D eigenvalue weighted by atomic mass is 10.0. The van der Waals surface area contributed by atoms with Crippen LogP contribution in [0.2, 0.25) is 5.02 Å². The quantitative estimate of drug-likeness (QED) is 0.484. The molecule has 1 aliphatic carbocycles. The molecule has 0 amide bonds. The van der Waals surface area contributed by atoms with Crippen molar-refractivity contribution < 1.29 is 4.39 Å². The lowest BCUT2D eigenvalue weighted by Crippen LogP contribution is -2.08. The number of aromatic nitrogens is 3. The Hall–Kier alpha value is -2.06. The van der Waals surface area contributed by atoms with Crippen LogP contribution in [0.15, 0.2) is 46.3 Å². The van der Waals surface area contributed by atoms with Crippen LogP contribution < -0.4 is 5.32 Å². The van der Waals surface area contributed by atoms with E-state index in [0.717, 1.165) is 29.7 Å². The second kappa shape index (κ2) is 7.28. The SMILES string of the molecule is Fc1ccc(Nc2nc(-c3cccnc3)nc3c2C=C(I)CC3)cc1Cl. The third kappa shape index (κ3) is 3.57. The molecule has 2 heterocycles. The van der Waals surface area contributed by atoms with Gasteiger partial charge in [-0.05, 0) is 75.4 Å². The van der Waals surface area contributed by atoms with Crippen molar-refractivity contribution in [3.05, 3.63) is 68.4 Å². The highest BCUT2D eigenvalue weighted by atomic mass is 127. The molecule has 0 saturated carbocycles. The minimum Gasteiger partial charge on any atom is -0.340 e. The van der Waals surface area contributed by atoms with Crippen LogP contribution in [0.1, 0.15) is 17.7 Å². The predicted octanol–water partition coefficient (Wildman–Crippen LogP) is 5.80. The van der Waals surface area contributed by atoms with Crippen molar-refractivity contribution in [2.45, 2.75) is 12.8 Å².